The molecule has 1 fully saturated rings. The summed E-state index contributed by atoms with van der Waals surface area (Å²) in [4.78, 5) is 34.2. The number of amides is 1. The molecule has 174 valence electrons. The minimum Gasteiger partial charge on any atom is -0.478 e. The Kier molecular flexibility index (Phi) is 5.74. The van der Waals surface area contributed by atoms with Crippen molar-refractivity contribution in [3.8, 4) is 0 Å². The highest BCUT2D eigenvalue weighted by Crippen LogP contribution is 2.40. The number of amidine groups is 1. The molecule has 3 heterocycles. The number of benzene rings is 1. The van der Waals surface area contributed by atoms with Crippen LogP contribution in [0.5, 0.6) is 0 Å². The van der Waals surface area contributed by atoms with E-state index < -0.39 is 48.2 Å². The van der Waals surface area contributed by atoms with Crippen molar-refractivity contribution in [2.24, 2.45) is 10.7 Å². The highest BCUT2D eigenvalue weighted by atomic mass is 32.1. The summed E-state index contributed by atoms with van der Waals surface area (Å²) in [5, 5.41) is 15.2. The Morgan fingerprint density at radius 2 is 2.03 bits per heavy atom. The Labute approximate surface area is 190 Å². The standard InChI is InChI=1S/C21H20F3N5O3S/c1-20(11-2-4-12(22)5-3-11)15(19(31)32)13(27-17(28-20)18-26-6-7-33-18)9-29-10-21(23,24)8-14(29)16(25)30/h2-7,14H,8-10H2,1H3,(H2,25,30)(H,27,28)(H,31,32). The maximum absolute atomic E-state index is 14.1. The number of halogens is 3. The van der Waals surface area contributed by atoms with Crippen LogP contribution in [-0.2, 0) is 15.1 Å². The van der Waals surface area contributed by atoms with Gasteiger partial charge in [-0.1, -0.05) is 12.1 Å². The molecule has 12 heteroatoms. The number of thiazole rings is 1. The van der Waals surface area contributed by atoms with Gasteiger partial charge in [0.1, 0.15) is 11.4 Å². The molecule has 4 N–H and O–H groups in total. The molecule has 2 aromatic rings. The molecule has 4 rings (SSSR count). The van der Waals surface area contributed by atoms with Gasteiger partial charge in [0, 0.05) is 30.2 Å². The number of carbonyl (C=O) groups is 2. The van der Waals surface area contributed by atoms with Crippen molar-refractivity contribution < 1.29 is 27.9 Å². The van der Waals surface area contributed by atoms with E-state index in [2.05, 4.69) is 15.3 Å². The zero-order valence-electron chi connectivity index (χ0n) is 17.4. The number of carbonyl (C=O) groups excluding carboxylic acids is 1. The molecule has 1 aromatic carbocycles. The Hall–Kier alpha value is -3.25. The predicted molar refractivity (Wildman–Crippen MR) is 114 cm³/mol. The average Bonchev–Trinajstić information content (AvgIpc) is 3.35. The van der Waals surface area contributed by atoms with Gasteiger partial charge in [0.2, 0.25) is 5.91 Å². The Morgan fingerprint density at radius 3 is 2.61 bits per heavy atom. The van der Waals surface area contributed by atoms with Crippen LogP contribution in [0.2, 0.25) is 0 Å². The number of primary amides is 1. The number of alkyl halides is 2. The second-order valence-electron chi connectivity index (χ2n) is 8.04. The Morgan fingerprint density at radius 1 is 1.33 bits per heavy atom. The van der Waals surface area contributed by atoms with E-state index in [-0.39, 0.29) is 23.7 Å². The smallest absolute Gasteiger partial charge is 0.336 e. The van der Waals surface area contributed by atoms with E-state index in [4.69, 9.17) is 5.73 Å². The molecule has 2 atom stereocenters. The molecule has 0 bridgehead atoms. The summed E-state index contributed by atoms with van der Waals surface area (Å²) in [5.41, 5.74) is 4.08. The first-order chi connectivity index (χ1) is 15.5. The third-order valence-electron chi connectivity index (χ3n) is 5.71. The molecule has 2 aliphatic rings. The van der Waals surface area contributed by atoms with Gasteiger partial charge in [-0.25, -0.2) is 27.9 Å². The number of rotatable bonds is 6. The van der Waals surface area contributed by atoms with Gasteiger partial charge in [-0.15, -0.1) is 11.3 Å². The minimum atomic E-state index is -3.15. The normalized spacial score (nSPS) is 25.0. The van der Waals surface area contributed by atoms with Gasteiger partial charge in [0.15, 0.2) is 10.8 Å². The second kappa shape index (κ2) is 8.27. The summed E-state index contributed by atoms with van der Waals surface area (Å²) in [6.07, 6.45) is 0.792. The molecule has 0 saturated carbocycles. The van der Waals surface area contributed by atoms with Crippen LogP contribution in [0, 0.1) is 5.82 Å². The summed E-state index contributed by atoms with van der Waals surface area (Å²) in [5.74, 6) is -5.68. The third-order valence-corrected chi connectivity index (χ3v) is 6.49. The van der Waals surface area contributed by atoms with Crippen LogP contribution >= 0.6 is 11.3 Å². The molecule has 1 amide bonds. The number of aliphatic carboxylic acids is 1. The minimum absolute atomic E-state index is 0.0680. The zero-order chi connectivity index (χ0) is 24.0. The lowest BCUT2D eigenvalue weighted by atomic mass is 9.82. The first kappa shape index (κ1) is 22.9. The number of hydrogen-bond donors (Lipinski definition) is 3. The Balaban J connectivity index is 1.84. The topological polar surface area (TPSA) is 121 Å². The summed E-state index contributed by atoms with van der Waals surface area (Å²) in [6.45, 7) is 0.476. The summed E-state index contributed by atoms with van der Waals surface area (Å²) in [6, 6.07) is 3.94. The number of carboxylic acids is 1. The molecule has 33 heavy (non-hydrogen) atoms. The van der Waals surface area contributed by atoms with Crippen molar-refractivity contribution in [1.82, 2.24) is 15.2 Å². The number of carboxylic acid groups (broad SMARTS) is 1. The van der Waals surface area contributed by atoms with E-state index in [9.17, 15) is 27.9 Å². The van der Waals surface area contributed by atoms with E-state index in [0.29, 0.717) is 10.6 Å². The number of nitrogens with two attached hydrogens (primary N) is 1. The molecule has 8 nitrogen and oxygen atoms in total. The van der Waals surface area contributed by atoms with Crippen LogP contribution in [0.25, 0.3) is 0 Å². The quantitative estimate of drug-likeness (QED) is 0.584. The lowest BCUT2D eigenvalue weighted by Gasteiger charge is -2.35. The van der Waals surface area contributed by atoms with Gasteiger partial charge in [-0.3, -0.25) is 9.69 Å². The second-order valence-corrected chi connectivity index (χ2v) is 8.94. The molecule has 0 spiro atoms. The summed E-state index contributed by atoms with van der Waals surface area (Å²) >= 11 is 1.25. The van der Waals surface area contributed by atoms with Crippen molar-refractivity contribution in [1.29, 1.82) is 0 Å². The number of likely N-dealkylation sites (tertiary alicyclic amines) is 1. The number of aliphatic imine (C=N–C) groups is 1. The predicted octanol–water partition coefficient (Wildman–Crippen LogP) is 2.08. The van der Waals surface area contributed by atoms with Crippen LogP contribution in [0.4, 0.5) is 13.2 Å². The average molecular weight is 479 g/mol. The first-order valence-corrected chi connectivity index (χ1v) is 10.8. The van der Waals surface area contributed by atoms with Crippen LogP contribution in [0.3, 0.4) is 0 Å². The van der Waals surface area contributed by atoms with Crippen LogP contribution < -0.4 is 11.1 Å². The number of nitrogens with zero attached hydrogens (tertiary/aromatic N) is 3. The van der Waals surface area contributed by atoms with Crippen molar-refractivity contribution in [2.45, 2.75) is 30.8 Å². The fourth-order valence-electron chi connectivity index (χ4n) is 4.22. The first-order valence-electron chi connectivity index (χ1n) is 9.91. The molecule has 0 aliphatic carbocycles. The summed E-state index contributed by atoms with van der Waals surface area (Å²) in [7, 11) is 0. The van der Waals surface area contributed by atoms with Gasteiger partial charge < -0.3 is 16.2 Å². The monoisotopic (exact) mass is 479 g/mol. The fourth-order valence-corrected chi connectivity index (χ4v) is 4.80. The Bertz CT molecular complexity index is 1150. The molecular formula is C21H20F3N5O3S. The van der Waals surface area contributed by atoms with Gasteiger partial charge >= 0.3 is 5.97 Å². The van der Waals surface area contributed by atoms with Gasteiger partial charge in [-0.2, -0.15) is 0 Å². The number of aromatic nitrogens is 1. The number of hydrogen-bond acceptors (Lipinski definition) is 7. The molecule has 1 saturated heterocycles. The van der Waals surface area contributed by atoms with Crippen LogP contribution in [0.1, 0.15) is 23.9 Å². The van der Waals surface area contributed by atoms with Gasteiger partial charge in [0.05, 0.1) is 18.2 Å². The van der Waals surface area contributed by atoms with E-state index in [1.165, 1.54) is 35.6 Å². The molecule has 0 radical (unpaired) electrons. The van der Waals surface area contributed by atoms with Crippen LogP contribution in [-0.4, -0.2) is 57.8 Å². The maximum Gasteiger partial charge on any atom is 0.336 e. The van der Waals surface area contributed by atoms with Gasteiger partial charge in [0.25, 0.3) is 5.92 Å². The van der Waals surface area contributed by atoms with Crippen LogP contribution in [0.15, 0.2) is 52.1 Å². The third kappa shape index (κ3) is 4.35. The van der Waals surface area contributed by atoms with E-state index in [1.807, 2.05) is 0 Å². The number of nitrogens with one attached hydrogen (secondary N) is 1. The highest BCUT2D eigenvalue weighted by Gasteiger charge is 2.49. The molecular weight excluding hydrogens is 459 g/mol. The largest absolute Gasteiger partial charge is 0.478 e. The van der Waals surface area contributed by atoms with Crippen molar-refractivity contribution in [2.75, 3.05) is 13.1 Å². The zero-order valence-corrected chi connectivity index (χ0v) is 18.2. The van der Waals surface area contributed by atoms with Gasteiger partial charge in [-0.05, 0) is 24.6 Å². The van der Waals surface area contributed by atoms with E-state index in [0.717, 1.165) is 4.90 Å². The molecule has 1 aromatic heterocycles. The fraction of sp³-hybridized carbons (Fsp3) is 0.333. The van der Waals surface area contributed by atoms with Crippen molar-refractivity contribution >= 4 is 29.0 Å². The lowest BCUT2D eigenvalue weighted by molar-refractivity contribution is -0.133. The maximum atomic E-state index is 14.1. The summed E-state index contributed by atoms with van der Waals surface area (Å²) < 4.78 is 41.8. The lowest BCUT2D eigenvalue weighted by Crippen LogP contribution is -2.47. The van der Waals surface area contributed by atoms with Crippen molar-refractivity contribution in [3.05, 3.63) is 63.5 Å². The van der Waals surface area contributed by atoms with Crippen molar-refractivity contribution in [3.63, 3.8) is 0 Å². The van der Waals surface area contributed by atoms with E-state index in [1.54, 1.807) is 18.5 Å². The van der Waals surface area contributed by atoms with E-state index >= 15 is 0 Å². The SMILES string of the molecule is CC1(c2ccc(F)cc2)N=C(c2nccs2)NC(CN2CC(F)(F)CC2C(N)=O)=C1C(=O)O. The highest BCUT2D eigenvalue weighted by molar-refractivity contribution is 7.11. The molecule has 2 aliphatic heterocycles. The molecule has 2 unspecified atom stereocenters.